The van der Waals surface area contributed by atoms with Gasteiger partial charge in [0, 0.05) is 15.9 Å². The zero-order chi connectivity index (χ0) is 10.7. The maximum Gasteiger partial charge on any atom is 0.255 e. The molecular weight excluding hydrogens is 276 g/mol. The summed E-state index contributed by atoms with van der Waals surface area (Å²) in [6.07, 6.45) is 3.20. The highest BCUT2D eigenvalue weighted by Gasteiger charge is 2.05. The van der Waals surface area contributed by atoms with Crippen molar-refractivity contribution in [2.24, 2.45) is 0 Å². The molecule has 0 aliphatic carbocycles. The van der Waals surface area contributed by atoms with Crippen molar-refractivity contribution in [1.29, 1.82) is 0 Å². The molecule has 78 valence electrons. The van der Waals surface area contributed by atoms with Crippen molar-refractivity contribution in [3.63, 3.8) is 0 Å². The van der Waals surface area contributed by atoms with E-state index in [0.29, 0.717) is 5.22 Å². The van der Waals surface area contributed by atoms with Crippen LogP contribution in [0.1, 0.15) is 5.56 Å². The first-order valence-electron chi connectivity index (χ1n) is 4.32. The Morgan fingerprint density at radius 2 is 2.33 bits per heavy atom. The van der Waals surface area contributed by atoms with E-state index < -0.39 is 0 Å². The number of nitrogen functional groups attached to an aromatic ring is 1. The van der Waals surface area contributed by atoms with Gasteiger partial charge in [-0.1, -0.05) is 23.9 Å². The van der Waals surface area contributed by atoms with Crippen LogP contribution in [0.15, 0.2) is 44.8 Å². The van der Waals surface area contributed by atoms with Crippen LogP contribution in [0, 0.1) is 0 Å². The Kier molecular flexibility index (Phi) is 3.33. The SMILES string of the molecule is Nc1cccc(CSc2ncco2)c1Br. The molecule has 3 nitrogen and oxygen atoms in total. The summed E-state index contributed by atoms with van der Waals surface area (Å²) in [7, 11) is 0. The largest absolute Gasteiger partial charge is 0.440 e. The highest BCUT2D eigenvalue weighted by Crippen LogP contribution is 2.29. The fourth-order valence-corrected chi connectivity index (χ4v) is 2.50. The first kappa shape index (κ1) is 10.6. The number of halogens is 1. The number of hydrogen-bond donors (Lipinski definition) is 1. The molecule has 2 rings (SSSR count). The third kappa shape index (κ3) is 2.54. The zero-order valence-electron chi connectivity index (χ0n) is 7.81. The third-order valence-electron chi connectivity index (χ3n) is 1.87. The van der Waals surface area contributed by atoms with Crippen LogP contribution in [0.3, 0.4) is 0 Å². The fraction of sp³-hybridized carbons (Fsp3) is 0.100. The van der Waals surface area contributed by atoms with E-state index in [1.165, 1.54) is 11.8 Å². The molecule has 0 aliphatic rings. The standard InChI is InChI=1S/C10H9BrN2OS/c11-9-7(2-1-3-8(9)12)6-15-10-13-4-5-14-10/h1-5H,6,12H2. The van der Waals surface area contributed by atoms with Gasteiger partial charge < -0.3 is 10.2 Å². The average molecular weight is 285 g/mol. The molecule has 1 heterocycles. The molecule has 0 saturated carbocycles. The minimum absolute atomic E-state index is 0.671. The molecule has 15 heavy (non-hydrogen) atoms. The minimum Gasteiger partial charge on any atom is -0.440 e. The van der Waals surface area contributed by atoms with Crippen molar-refractivity contribution in [2.75, 3.05) is 5.73 Å². The third-order valence-corrected chi connectivity index (χ3v) is 3.74. The van der Waals surface area contributed by atoms with Crippen molar-refractivity contribution >= 4 is 33.4 Å². The molecule has 1 aromatic carbocycles. The summed E-state index contributed by atoms with van der Waals surface area (Å²) in [6.45, 7) is 0. The van der Waals surface area contributed by atoms with Crippen LogP contribution in [0.2, 0.25) is 0 Å². The fourth-order valence-electron chi connectivity index (χ4n) is 1.13. The molecule has 1 aromatic heterocycles. The molecule has 0 fully saturated rings. The molecular formula is C10H9BrN2OS. The predicted octanol–water partition coefficient (Wildman–Crippen LogP) is 3.31. The molecule has 2 aromatic rings. The maximum atomic E-state index is 5.77. The molecule has 5 heteroatoms. The van der Waals surface area contributed by atoms with E-state index in [9.17, 15) is 0 Å². The number of aromatic nitrogens is 1. The van der Waals surface area contributed by atoms with Crippen LogP contribution in [-0.4, -0.2) is 4.98 Å². The van der Waals surface area contributed by atoms with Crippen LogP contribution < -0.4 is 5.73 Å². The second kappa shape index (κ2) is 4.72. The summed E-state index contributed by atoms with van der Waals surface area (Å²) in [4.78, 5) is 4.03. The number of nitrogens with zero attached hydrogens (tertiary/aromatic N) is 1. The van der Waals surface area contributed by atoms with Crippen LogP contribution in [0.25, 0.3) is 0 Å². The van der Waals surface area contributed by atoms with Gasteiger partial charge in [0.1, 0.15) is 6.26 Å². The van der Waals surface area contributed by atoms with Crippen LogP contribution in [0.4, 0.5) is 5.69 Å². The number of nitrogens with two attached hydrogens (primary N) is 1. The first-order chi connectivity index (χ1) is 7.27. The van der Waals surface area contributed by atoms with Crippen molar-refractivity contribution < 1.29 is 4.42 Å². The Morgan fingerprint density at radius 3 is 3.07 bits per heavy atom. The summed E-state index contributed by atoms with van der Waals surface area (Å²) in [5, 5.41) is 0.671. The van der Waals surface area contributed by atoms with Crippen molar-refractivity contribution in [1.82, 2.24) is 4.98 Å². The van der Waals surface area contributed by atoms with E-state index in [2.05, 4.69) is 20.9 Å². The Bertz CT molecular complexity index is 445. The summed E-state index contributed by atoms with van der Waals surface area (Å²) in [6, 6.07) is 5.82. The van der Waals surface area contributed by atoms with Crippen molar-refractivity contribution in [3.05, 3.63) is 40.7 Å². The quantitative estimate of drug-likeness (QED) is 0.694. The van der Waals surface area contributed by atoms with Crippen LogP contribution >= 0.6 is 27.7 Å². The zero-order valence-corrected chi connectivity index (χ0v) is 10.2. The van der Waals surface area contributed by atoms with Gasteiger partial charge in [0.25, 0.3) is 5.22 Å². The Balaban J connectivity index is 2.08. The van der Waals surface area contributed by atoms with Gasteiger partial charge in [0.2, 0.25) is 0 Å². The highest BCUT2D eigenvalue weighted by atomic mass is 79.9. The van der Waals surface area contributed by atoms with Crippen LogP contribution in [0.5, 0.6) is 0 Å². The van der Waals surface area contributed by atoms with E-state index in [-0.39, 0.29) is 0 Å². The van der Waals surface area contributed by atoms with Gasteiger partial charge >= 0.3 is 0 Å². The lowest BCUT2D eigenvalue weighted by atomic mass is 10.2. The molecule has 0 saturated heterocycles. The van der Waals surface area contributed by atoms with E-state index in [1.807, 2.05) is 18.2 Å². The van der Waals surface area contributed by atoms with E-state index in [0.717, 1.165) is 21.5 Å². The molecule has 2 N–H and O–H groups in total. The van der Waals surface area contributed by atoms with Crippen LogP contribution in [-0.2, 0) is 5.75 Å². The summed E-state index contributed by atoms with van der Waals surface area (Å²) < 4.78 is 6.08. The minimum atomic E-state index is 0.671. The van der Waals surface area contributed by atoms with Gasteiger partial charge in [-0.3, -0.25) is 0 Å². The van der Waals surface area contributed by atoms with E-state index in [4.69, 9.17) is 10.2 Å². The maximum absolute atomic E-state index is 5.77. The second-order valence-corrected chi connectivity index (χ2v) is 4.63. The van der Waals surface area contributed by atoms with E-state index >= 15 is 0 Å². The normalized spacial score (nSPS) is 10.5. The molecule has 0 atom stereocenters. The first-order valence-corrected chi connectivity index (χ1v) is 6.10. The number of benzene rings is 1. The smallest absolute Gasteiger partial charge is 0.255 e. The Labute approximate surface area is 100 Å². The van der Waals surface area contributed by atoms with E-state index in [1.54, 1.807) is 12.5 Å². The second-order valence-electron chi connectivity index (χ2n) is 2.91. The average Bonchev–Trinajstić information content (AvgIpc) is 2.73. The molecule has 0 spiro atoms. The number of rotatable bonds is 3. The van der Waals surface area contributed by atoms with Gasteiger partial charge in [0.05, 0.1) is 6.20 Å². The topological polar surface area (TPSA) is 52.0 Å². The lowest BCUT2D eigenvalue weighted by Gasteiger charge is -2.04. The summed E-state index contributed by atoms with van der Waals surface area (Å²) >= 11 is 4.99. The Hall–Kier alpha value is -0.940. The van der Waals surface area contributed by atoms with Gasteiger partial charge in [0.15, 0.2) is 0 Å². The lowest BCUT2D eigenvalue weighted by Crippen LogP contribution is -1.90. The molecule has 0 radical (unpaired) electrons. The van der Waals surface area contributed by atoms with Gasteiger partial charge in [-0.2, -0.15) is 0 Å². The highest BCUT2D eigenvalue weighted by molar-refractivity contribution is 9.10. The summed E-state index contributed by atoms with van der Waals surface area (Å²) in [5.41, 5.74) is 7.66. The number of thioether (sulfide) groups is 1. The van der Waals surface area contributed by atoms with Gasteiger partial charge in [-0.05, 0) is 27.6 Å². The Morgan fingerprint density at radius 1 is 1.47 bits per heavy atom. The van der Waals surface area contributed by atoms with Crippen molar-refractivity contribution in [3.8, 4) is 0 Å². The molecule has 0 bridgehead atoms. The van der Waals surface area contributed by atoms with Crippen molar-refractivity contribution in [2.45, 2.75) is 11.0 Å². The molecule has 0 unspecified atom stereocenters. The monoisotopic (exact) mass is 284 g/mol. The predicted molar refractivity (Wildman–Crippen MR) is 64.6 cm³/mol. The number of oxazole rings is 1. The van der Waals surface area contributed by atoms with Gasteiger partial charge in [-0.25, -0.2) is 4.98 Å². The number of anilines is 1. The van der Waals surface area contributed by atoms with Gasteiger partial charge in [-0.15, -0.1) is 0 Å². The number of hydrogen-bond acceptors (Lipinski definition) is 4. The molecule has 0 amide bonds. The summed E-state index contributed by atoms with van der Waals surface area (Å²) in [5.74, 6) is 0.784. The lowest BCUT2D eigenvalue weighted by molar-refractivity contribution is 0.454. The molecule has 0 aliphatic heterocycles.